The average Bonchev–Trinajstić information content (AvgIpc) is 2.89. The summed E-state index contributed by atoms with van der Waals surface area (Å²) in [6.45, 7) is 3.79. The summed E-state index contributed by atoms with van der Waals surface area (Å²) in [5.41, 5.74) is 8.16. The Hall–Kier alpha value is -2.51. The fourth-order valence-electron chi connectivity index (χ4n) is 5.82. The lowest BCUT2D eigenvalue weighted by atomic mass is 9.91. The predicted octanol–water partition coefficient (Wildman–Crippen LogP) is 5.02. The maximum absolute atomic E-state index is 14.0. The van der Waals surface area contributed by atoms with E-state index in [4.69, 9.17) is 10.7 Å². The largest absolute Gasteiger partial charge is 0.354 e. The van der Waals surface area contributed by atoms with Gasteiger partial charge in [-0.25, -0.2) is 4.98 Å². The van der Waals surface area contributed by atoms with Crippen LogP contribution in [0.2, 0.25) is 0 Å². The topological polar surface area (TPSA) is 97.9 Å². The average molecular weight is 477 g/mol. The van der Waals surface area contributed by atoms with E-state index < -0.39 is 0 Å². The first-order chi connectivity index (χ1) is 17.1. The van der Waals surface area contributed by atoms with E-state index in [1.165, 1.54) is 32.1 Å². The zero-order chi connectivity index (χ0) is 24.2. The summed E-state index contributed by atoms with van der Waals surface area (Å²) < 4.78 is 1.95. The van der Waals surface area contributed by atoms with Gasteiger partial charge in [0.1, 0.15) is 5.65 Å². The van der Waals surface area contributed by atoms with Crippen molar-refractivity contribution in [3.8, 4) is 0 Å². The highest BCUT2D eigenvalue weighted by Crippen LogP contribution is 2.31. The highest BCUT2D eigenvalue weighted by molar-refractivity contribution is 6.04. The summed E-state index contributed by atoms with van der Waals surface area (Å²) in [6.07, 6.45) is 14.2. The monoisotopic (exact) mass is 476 g/mol. The van der Waals surface area contributed by atoms with E-state index in [2.05, 4.69) is 40.7 Å². The molecule has 2 fully saturated rings. The number of benzene rings is 1. The Labute approximate surface area is 207 Å². The molecule has 7 nitrogen and oxygen atoms in total. The Kier molecular flexibility index (Phi) is 7.63. The fourth-order valence-corrected chi connectivity index (χ4v) is 5.82. The molecular formula is C28H40N6O. The van der Waals surface area contributed by atoms with E-state index in [0.717, 1.165) is 79.0 Å². The molecule has 2 aromatic heterocycles. The quantitative estimate of drug-likeness (QED) is 0.312. The molecule has 0 bridgehead atoms. The molecule has 0 aliphatic heterocycles. The first-order valence-corrected chi connectivity index (χ1v) is 13.7. The third kappa shape index (κ3) is 5.36. The second kappa shape index (κ2) is 11.0. The first-order valence-electron chi connectivity index (χ1n) is 13.7. The predicted molar refractivity (Wildman–Crippen MR) is 144 cm³/mol. The van der Waals surface area contributed by atoms with Crippen molar-refractivity contribution in [2.24, 2.45) is 5.73 Å². The third-order valence-electron chi connectivity index (χ3n) is 7.94. The van der Waals surface area contributed by atoms with Gasteiger partial charge in [-0.15, -0.1) is 0 Å². The van der Waals surface area contributed by atoms with Gasteiger partial charge in [-0.05, 0) is 62.0 Å². The van der Waals surface area contributed by atoms with Crippen LogP contribution < -0.4 is 21.9 Å². The molecule has 7 heteroatoms. The normalized spacial score (nSPS) is 21.5. The highest BCUT2D eigenvalue weighted by Gasteiger charge is 2.25. The number of hydrogen-bond acceptors (Lipinski definition) is 6. The molecule has 188 valence electrons. The summed E-state index contributed by atoms with van der Waals surface area (Å²) in [5.74, 6) is 0.597. The number of aromatic nitrogens is 3. The number of pyridine rings is 1. The van der Waals surface area contributed by atoms with Gasteiger partial charge in [0.2, 0.25) is 5.95 Å². The van der Waals surface area contributed by atoms with Crippen LogP contribution in [0.1, 0.15) is 89.2 Å². The van der Waals surface area contributed by atoms with Crippen molar-refractivity contribution in [3.63, 3.8) is 0 Å². The van der Waals surface area contributed by atoms with Crippen LogP contribution in [-0.4, -0.2) is 33.2 Å². The number of fused-ring (bicyclic) bond motifs is 3. The molecule has 2 heterocycles. The van der Waals surface area contributed by atoms with Crippen molar-refractivity contribution in [1.29, 1.82) is 0 Å². The molecule has 5 rings (SSSR count). The minimum atomic E-state index is 0.0608. The lowest BCUT2D eigenvalue weighted by molar-refractivity contribution is 0.324. The number of nitrogens with two attached hydrogens (primary N) is 1. The van der Waals surface area contributed by atoms with Gasteiger partial charge in [-0.2, -0.15) is 4.98 Å². The summed E-state index contributed by atoms with van der Waals surface area (Å²) in [6, 6.07) is 7.26. The fraction of sp³-hybridized carbons (Fsp3) is 0.607. The molecule has 0 saturated heterocycles. The number of rotatable bonds is 8. The Morgan fingerprint density at radius 3 is 2.60 bits per heavy atom. The van der Waals surface area contributed by atoms with Crippen LogP contribution in [0, 0.1) is 0 Å². The number of nitrogens with one attached hydrogen (secondary N) is 2. The van der Waals surface area contributed by atoms with Crippen LogP contribution in [0.5, 0.6) is 0 Å². The SMILES string of the molecule is CCCCNc1ncc2c3ccc(CNC4CCCCC4)cc3c(=O)n(C3CCC(N)CC3)c2n1. The van der Waals surface area contributed by atoms with E-state index in [-0.39, 0.29) is 17.6 Å². The minimum Gasteiger partial charge on any atom is -0.354 e. The van der Waals surface area contributed by atoms with Gasteiger partial charge in [0.25, 0.3) is 5.56 Å². The van der Waals surface area contributed by atoms with Gasteiger partial charge in [0.05, 0.1) is 0 Å². The van der Waals surface area contributed by atoms with Crippen LogP contribution in [0.3, 0.4) is 0 Å². The third-order valence-corrected chi connectivity index (χ3v) is 7.94. The summed E-state index contributed by atoms with van der Waals surface area (Å²) in [7, 11) is 0. The van der Waals surface area contributed by atoms with Crippen LogP contribution in [0.15, 0.2) is 29.2 Å². The lowest BCUT2D eigenvalue weighted by Gasteiger charge is -2.29. The molecule has 3 aromatic rings. The van der Waals surface area contributed by atoms with Crippen LogP contribution in [-0.2, 0) is 6.54 Å². The molecule has 0 spiro atoms. The van der Waals surface area contributed by atoms with Gasteiger partial charge in [-0.1, -0.05) is 44.7 Å². The highest BCUT2D eigenvalue weighted by atomic mass is 16.1. The van der Waals surface area contributed by atoms with Crippen molar-refractivity contribution in [3.05, 3.63) is 40.3 Å². The molecule has 1 aromatic carbocycles. The van der Waals surface area contributed by atoms with E-state index in [0.29, 0.717) is 12.0 Å². The number of unbranched alkanes of at least 4 members (excludes halogenated alkanes) is 1. The Morgan fingerprint density at radius 1 is 1.03 bits per heavy atom. The van der Waals surface area contributed by atoms with Crippen molar-refractivity contribution < 1.29 is 0 Å². The zero-order valence-corrected chi connectivity index (χ0v) is 21.1. The first kappa shape index (κ1) is 24.2. The Morgan fingerprint density at radius 2 is 1.83 bits per heavy atom. The molecule has 0 radical (unpaired) electrons. The summed E-state index contributed by atoms with van der Waals surface area (Å²) in [4.78, 5) is 23.5. The van der Waals surface area contributed by atoms with Crippen LogP contribution in [0.25, 0.3) is 21.8 Å². The van der Waals surface area contributed by atoms with Gasteiger partial charge in [0.15, 0.2) is 0 Å². The van der Waals surface area contributed by atoms with E-state index in [1.54, 1.807) is 0 Å². The van der Waals surface area contributed by atoms with Crippen molar-refractivity contribution in [2.45, 2.75) is 102 Å². The van der Waals surface area contributed by atoms with Gasteiger partial charge in [-0.3, -0.25) is 9.36 Å². The molecular weight excluding hydrogens is 436 g/mol. The maximum atomic E-state index is 14.0. The molecule has 35 heavy (non-hydrogen) atoms. The molecule has 0 amide bonds. The van der Waals surface area contributed by atoms with E-state index in [1.807, 2.05) is 10.8 Å². The Balaban J connectivity index is 1.54. The van der Waals surface area contributed by atoms with Crippen LogP contribution in [0.4, 0.5) is 5.95 Å². The number of hydrogen-bond donors (Lipinski definition) is 3. The standard InChI is InChI=1S/C28H40N6O/c1-2-3-15-30-28-32-18-25-23-14-9-19(17-31-21-7-5-4-6-8-21)16-24(23)27(35)34(26(25)33-28)22-12-10-20(29)11-13-22/h9,14,16,18,20-22,31H,2-8,10-13,15,17,29H2,1H3,(H,30,32,33). The number of anilines is 1. The maximum Gasteiger partial charge on any atom is 0.260 e. The molecule has 2 saturated carbocycles. The molecule has 4 N–H and O–H groups in total. The van der Waals surface area contributed by atoms with Crippen molar-refractivity contribution in [2.75, 3.05) is 11.9 Å². The van der Waals surface area contributed by atoms with Crippen molar-refractivity contribution >= 4 is 27.8 Å². The van der Waals surface area contributed by atoms with E-state index >= 15 is 0 Å². The summed E-state index contributed by atoms with van der Waals surface area (Å²) >= 11 is 0. The molecule has 2 aliphatic rings. The van der Waals surface area contributed by atoms with Gasteiger partial charge >= 0.3 is 0 Å². The summed E-state index contributed by atoms with van der Waals surface area (Å²) in [5, 5.41) is 9.71. The zero-order valence-electron chi connectivity index (χ0n) is 21.1. The second-order valence-electron chi connectivity index (χ2n) is 10.6. The van der Waals surface area contributed by atoms with Gasteiger partial charge in [0, 0.05) is 48.2 Å². The smallest absolute Gasteiger partial charge is 0.260 e. The number of nitrogens with zero attached hydrogens (tertiary/aromatic N) is 3. The van der Waals surface area contributed by atoms with Crippen molar-refractivity contribution in [1.82, 2.24) is 19.9 Å². The Bertz CT molecular complexity index is 1210. The van der Waals surface area contributed by atoms with Gasteiger partial charge < -0.3 is 16.4 Å². The van der Waals surface area contributed by atoms with Crippen LogP contribution >= 0.6 is 0 Å². The lowest BCUT2D eigenvalue weighted by Crippen LogP contribution is -2.33. The second-order valence-corrected chi connectivity index (χ2v) is 10.6. The minimum absolute atomic E-state index is 0.0608. The van der Waals surface area contributed by atoms with E-state index in [9.17, 15) is 4.79 Å². The molecule has 0 atom stereocenters. The molecule has 0 unspecified atom stereocenters. The molecule has 2 aliphatic carbocycles.